The molecular formula is C18H14F3N3O3. The Morgan fingerprint density at radius 1 is 1.11 bits per heavy atom. The molecule has 0 atom stereocenters. The minimum Gasteiger partial charge on any atom is -0.405 e. The van der Waals surface area contributed by atoms with E-state index in [1.54, 1.807) is 24.3 Å². The molecule has 0 saturated carbocycles. The molecular weight excluding hydrogens is 363 g/mol. The molecule has 0 aliphatic heterocycles. The largest absolute Gasteiger partial charge is 0.573 e. The molecule has 27 heavy (non-hydrogen) atoms. The zero-order chi connectivity index (χ0) is 19.4. The highest BCUT2D eigenvalue weighted by Gasteiger charge is 2.31. The van der Waals surface area contributed by atoms with Crippen LogP contribution in [0.1, 0.15) is 5.56 Å². The number of nitrogens with one attached hydrogen (secondary N) is 1. The first-order valence-corrected chi connectivity index (χ1v) is 7.88. The number of alkyl halides is 3. The summed E-state index contributed by atoms with van der Waals surface area (Å²) in [7, 11) is 0. The Labute approximate surface area is 151 Å². The van der Waals surface area contributed by atoms with Crippen LogP contribution in [-0.4, -0.2) is 21.8 Å². The quantitative estimate of drug-likeness (QED) is 0.742. The number of ether oxygens (including phenoxy) is 1. The summed E-state index contributed by atoms with van der Waals surface area (Å²) in [4.78, 5) is 28.3. The van der Waals surface area contributed by atoms with E-state index in [4.69, 9.17) is 0 Å². The third-order valence-corrected chi connectivity index (χ3v) is 3.73. The summed E-state index contributed by atoms with van der Waals surface area (Å²) < 4.78 is 42.5. The number of rotatable bonds is 5. The number of halogens is 3. The van der Waals surface area contributed by atoms with E-state index in [2.05, 4.69) is 15.0 Å². The molecule has 2 aromatic carbocycles. The maximum absolute atomic E-state index is 12.4. The lowest BCUT2D eigenvalue weighted by Crippen LogP contribution is -2.32. The Bertz CT molecular complexity index is 1030. The van der Waals surface area contributed by atoms with Gasteiger partial charge in [-0.05, 0) is 18.2 Å². The van der Waals surface area contributed by atoms with Gasteiger partial charge in [0.15, 0.2) is 0 Å². The molecule has 0 unspecified atom stereocenters. The normalized spacial score (nSPS) is 11.4. The highest BCUT2D eigenvalue weighted by molar-refractivity contribution is 5.80. The van der Waals surface area contributed by atoms with Gasteiger partial charge >= 0.3 is 6.36 Å². The van der Waals surface area contributed by atoms with Gasteiger partial charge in [0.05, 0.1) is 17.2 Å². The molecule has 0 aliphatic rings. The molecule has 0 fully saturated rings. The van der Waals surface area contributed by atoms with Crippen LogP contribution in [0.15, 0.2) is 59.5 Å². The van der Waals surface area contributed by atoms with Crippen LogP contribution in [0.5, 0.6) is 5.75 Å². The summed E-state index contributed by atoms with van der Waals surface area (Å²) in [6.07, 6.45) is -3.72. The van der Waals surface area contributed by atoms with Crippen LogP contribution in [0.3, 0.4) is 0 Å². The van der Waals surface area contributed by atoms with Crippen LogP contribution in [-0.2, 0) is 17.9 Å². The van der Waals surface area contributed by atoms with Gasteiger partial charge < -0.3 is 10.1 Å². The van der Waals surface area contributed by atoms with Crippen molar-refractivity contribution < 1.29 is 22.7 Å². The van der Waals surface area contributed by atoms with Crippen LogP contribution < -0.4 is 15.6 Å². The SMILES string of the molecule is O=C(Cn1c(=O)cnc2ccccc21)NCc1ccccc1OC(F)(F)F. The van der Waals surface area contributed by atoms with Crippen LogP contribution in [0.25, 0.3) is 11.0 Å². The van der Waals surface area contributed by atoms with Gasteiger partial charge in [0.25, 0.3) is 5.56 Å². The second-order valence-corrected chi connectivity index (χ2v) is 5.60. The first kappa shape index (κ1) is 18.4. The fraction of sp³-hybridized carbons (Fsp3) is 0.167. The van der Waals surface area contributed by atoms with Crippen LogP contribution in [0.2, 0.25) is 0 Å². The molecule has 0 radical (unpaired) electrons. The fourth-order valence-electron chi connectivity index (χ4n) is 2.55. The average molecular weight is 377 g/mol. The van der Waals surface area contributed by atoms with Gasteiger partial charge in [0.1, 0.15) is 12.3 Å². The molecule has 3 rings (SSSR count). The van der Waals surface area contributed by atoms with E-state index in [-0.39, 0.29) is 18.7 Å². The zero-order valence-corrected chi connectivity index (χ0v) is 13.9. The van der Waals surface area contributed by atoms with Gasteiger partial charge in [0, 0.05) is 12.1 Å². The molecule has 6 nitrogen and oxygen atoms in total. The summed E-state index contributed by atoms with van der Waals surface area (Å²) in [5.41, 5.74) is 0.745. The Morgan fingerprint density at radius 2 is 1.81 bits per heavy atom. The van der Waals surface area contributed by atoms with Crippen molar-refractivity contribution in [2.75, 3.05) is 0 Å². The Hall–Kier alpha value is -3.36. The summed E-state index contributed by atoms with van der Waals surface area (Å²) in [5.74, 6) is -0.924. The van der Waals surface area contributed by atoms with Gasteiger partial charge in [-0.25, -0.2) is 4.98 Å². The van der Waals surface area contributed by atoms with Crippen molar-refractivity contribution >= 4 is 16.9 Å². The van der Waals surface area contributed by atoms with E-state index in [0.717, 1.165) is 12.3 Å². The number of aromatic nitrogens is 2. The molecule has 0 bridgehead atoms. The van der Waals surface area contributed by atoms with Crippen molar-refractivity contribution in [3.63, 3.8) is 0 Å². The maximum atomic E-state index is 12.4. The monoisotopic (exact) mass is 377 g/mol. The number of fused-ring (bicyclic) bond motifs is 1. The Kier molecular flexibility index (Phi) is 5.11. The standard InChI is InChI=1S/C18H14F3N3O3/c19-18(20,21)27-15-8-4-1-5-12(15)9-23-16(25)11-24-14-7-3-2-6-13(14)22-10-17(24)26/h1-8,10H,9,11H2,(H,23,25). The first-order chi connectivity index (χ1) is 12.8. The van der Waals surface area contributed by atoms with E-state index < -0.39 is 23.6 Å². The van der Waals surface area contributed by atoms with Gasteiger partial charge in [-0.15, -0.1) is 13.2 Å². The molecule has 9 heteroatoms. The maximum Gasteiger partial charge on any atom is 0.573 e. The smallest absolute Gasteiger partial charge is 0.405 e. The van der Waals surface area contributed by atoms with Gasteiger partial charge in [-0.1, -0.05) is 30.3 Å². The second-order valence-electron chi connectivity index (χ2n) is 5.60. The number of nitrogens with zero attached hydrogens (tertiary/aromatic N) is 2. The third-order valence-electron chi connectivity index (χ3n) is 3.73. The van der Waals surface area contributed by atoms with E-state index in [1.807, 2.05) is 0 Å². The lowest BCUT2D eigenvalue weighted by Gasteiger charge is -2.14. The highest BCUT2D eigenvalue weighted by atomic mass is 19.4. The topological polar surface area (TPSA) is 73.2 Å². The minimum atomic E-state index is -4.83. The van der Waals surface area contributed by atoms with E-state index in [0.29, 0.717) is 11.0 Å². The van der Waals surface area contributed by atoms with Crippen molar-refractivity contribution in [2.45, 2.75) is 19.5 Å². The summed E-state index contributed by atoms with van der Waals surface area (Å²) in [5, 5.41) is 2.50. The zero-order valence-electron chi connectivity index (χ0n) is 13.9. The lowest BCUT2D eigenvalue weighted by atomic mass is 10.2. The lowest BCUT2D eigenvalue weighted by molar-refractivity contribution is -0.274. The van der Waals surface area contributed by atoms with Gasteiger partial charge in [-0.2, -0.15) is 0 Å². The molecule has 3 aromatic rings. The van der Waals surface area contributed by atoms with Crippen molar-refractivity contribution in [2.24, 2.45) is 0 Å². The first-order valence-electron chi connectivity index (χ1n) is 7.88. The number of para-hydroxylation sites is 3. The summed E-state index contributed by atoms with van der Waals surface area (Å²) >= 11 is 0. The predicted octanol–water partition coefficient (Wildman–Crippen LogP) is 2.61. The van der Waals surface area contributed by atoms with Gasteiger partial charge in [-0.3, -0.25) is 14.2 Å². The molecule has 1 aromatic heterocycles. The van der Waals surface area contributed by atoms with Crippen LogP contribution >= 0.6 is 0 Å². The number of amides is 1. The highest BCUT2D eigenvalue weighted by Crippen LogP contribution is 2.26. The van der Waals surface area contributed by atoms with Gasteiger partial charge in [0.2, 0.25) is 5.91 Å². The molecule has 0 aliphatic carbocycles. The van der Waals surface area contributed by atoms with Crippen molar-refractivity contribution in [3.8, 4) is 5.75 Å². The van der Waals surface area contributed by atoms with Crippen molar-refractivity contribution in [3.05, 3.63) is 70.6 Å². The van der Waals surface area contributed by atoms with E-state index in [9.17, 15) is 22.8 Å². The molecule has 140 valence electrons. The van der Waals surface area contributed by atoms with Crippen LogP contribution in [0, 0.1) is 0 Å². The molecule has 0 spiro atoms. The molecule has 1 heterocycles. The molecule has 1 N–H and O–H groups in total. The van der Waals surface area contributed by atoms with Crippen molar-refractivity contribution in [1.29, 1.82) is 0 Å². The second kappa shape index (κ2) is 7.48. The summed E-state index contributed by atoms with van der Waals surface area (Å²) in [6, 6.07) is 12.3. The number of hydrogen-bond acceptors (Lipinski definition) is 4. The van der Waals surface area contributed by atoms with E-state index in [1.165, 1.54) is 22.8 Å². The number of hydrogen-bond donors (Lipinski definition) is 1. The Balaban J connectivity index is 1.74. The summed E-state index contributed by atoms with van der Waals surface area (Å²) in [6.45, 7) is -0.465. The predicted molar refractivity (Wildman–Crippen MR) is 91.0 cm³/mol. The number of carbonyl (C=O) groups excluding carboxylic acids is 1. The van der Waals surface area contributed by atoms with E-state index >= 15 is 0 Å². The molecule has 0 saturated heterocycles. The third kappa shape index (κ3) is 4.63. The molecule has 1 amide bonds. The fourth-order valence-corrected chi connectivity index (χ4v) is 2.55. The number of carbonyl (C=O) groups is 1. The average Bonchev–Trinajstić information content (AvgIpc) is 2.62. The van der Waals surface area contributed by atoms with Crippen LogP contribution in [0.4, 0.5) is 13.2 Å². The number of benzene rings is 2. The minimum absolute atomic E-state index is 0.162. The Morgan fingerprint density at radius 3 is 2.59 bits per heavy atom. The van der Waals surface area contributed by atoms with Crippen molar-refractivity contribution in [1.82, 2.24) is 14.9 Å².